The van der Waals surface area contributed by atoms with Gasteiger partial charge in [0.25, 0.3) is 5.91 Å². The lowest BCUT2D eigenvalue weighted by Crippen LogP contribution is -2.16. The third-order valence-corrected chi connectivity index (χ3v) is 4.33. The molecule has 2 heterocycles. The Kier molecular flexibility index (Phi) is 5.25. The predicted octanol–water partition coefficient (Wildman–Crippen LogP) is 3.77. The Hall–Kier alpha value is -3.32. The van der Waals surface area contributed by atoms with E-state index in [9.17, 15) is 4.79 Å². The van der Waals surface area contributed by atoms with Crippen LogP contribution in [-0.4, -0.2) is 29.1 Å². The molecule has 0 unspecified atom stereocenters. The SMILES string of the molecule is O=C(Nc1ccc2c(c1)OCCO2)c1cnc(NCc2ccc(Cl)cc2)nc1. The van der Waals surface area contributed by atoms with E-state index in [2.05, 4.69) is 20.6 Å². The van der Waals surface area contributed by atoms with Crippen molar-refractivity contribution in [1.82, 2.24) is 9.97 Å². The van der Waals surface area contributed by atoms with E-state index in [1.165, 1.54) is 12.4 Å². The summed E-state index contributed by atoms with van der Waals surface area (Å²) in [6, 6.07) is 12.7. The number of rotatable bonds is 5. The van der Waals surface area contributed by atoms with Crippen molar-refractivity contribution in [2.75, 3.05) is 23.8 Å². The minimum Gasteiger partial charge on any atom is -0.486 e. The minimum atomic E-state index is -0.305. The molecule has 0 saturated carbocycles. The number of halogens is 1. The van der Waals surface area contributed by atoms with Crippen molar-refractivity contribution in [2.24, 2.45) is 0 Å². The number of amides is 1. The number of benzene rings is 2. The van der Waals surface area contributed by atoms with Crippen LogP contribution in [0.25, 0.3) is 0 Å². The molecule has 0 bridgehead atoms. The third kappa shape index (κ3) is 4.32. The summed E-state index contributed by atoms with van der Waals surface area (Å²) in [7, 11) is 0. The Balaban J connectivity index is 1.36. The molecule has 0 fully saturated rings. The Labute approximate surface area is 166 Å². The molecule has 0 spiro atoms. The van der Waals surface area contributed by atoms with Gasteiger partial charge in [0.2, 0.25) is 5.95 Å². The van der Waals surface area contributed by atoms with Gasteiger partial charge in [-0.25, -0.2) is 9.97 Å². The van der Waals surface area contributed by atoms with Gasteiger partial charge in [0.05, 0.1) is 5.56 Å². The van der Waals surface area contributed by atoms with E-state index in [-0.39, 0.29) is 5.91 Å². The molecule has 4 rings (SSSR count). The van der Waals surface area contributed by atoms with Crippen LogP contribution in [0.15, 0.2) is 54.9 Å². The van der Waals surface area contributed by atoms with Crippen molar-refractivity contribution in [3.05, 3.63) is 71.0 Å². The topological polar surface area (TPSA) is 85.4 Å². The van der Waals surface area contributed by atoms with Crippen LogP contribution < -0.4 is 20.1 Å². The fraction of sp³-hybridized carbons (Fsp3) is 0.150. The maximum Gasteiger partial charge on any atom is 0.258 e. The van der Waals surface area contributed by atoms with Crippen LogP contribution in [0.4, 0.5) is 11.6 Å². The molecule has 7 nitrogen and oxygen atoms in total. The van der Waals surface area contributed by atoms with Gasteiger partial charge in [0.1, 0.15) is 13.2 Å². The molecule has 1 aromatic heterocycles. The van der Waals surface area contributed by atoms with Crippen molar-refractivity contribution in [2.45, 2.75) is 6.54 Å². The smallest absolute Gasteiger partial charge is 0.258 e. The molecule has 0 atom stereocenters. The number of ether oxygens (including phenoxy) is 2. The number of nitrogens with zero attached hydrogens (tertiary/aromatic N) is 2. The Morgan fingerprint density at radius 3 is 2.46 bits per heavy atom. The average molecular weight is 397 g/mol. The van der Waals surface area contributed by atoms with Gasteiger partial charge in [0.15, 0.2) is 11.5 Å². The molecular formula is C20H17ClN4O3. The fourth-order valence-corrected chi connectivity index (χ4v) is 2.77. The van der Waals surface area contributed by atoms with Gasteiger partial charge in [-0.3, -0.25) is 4.79 Å². The summed E-state index contributed by atoms with van der Waals surface area (Å²) in [5.74, 6) is 1.41. The summed E-state index contributed by atoms with van der Waals surface area (Å²) in [6.45, 7) is 1.57. The molecule has 1 amide bonds. The standard InChI is InChI=1S/C20H17ClN4O3/c21-15-3-1-13(2-4-15)10-22-20-23-11-14(12-24-20)19(26)25-16-5-6-17-18(9-16)28-8-7-27-17/h1-6,9,11-12H,7-8,10H2,(H,25,26)(H,22,23,24). The van der Waals surface area contributed by atoms with Gasteiger partial charge in [0, 0.05) is 35.7 Å². The molecule has 2 aromatic carbocycles. The maximum atomic E-state index is 12.4. The molecule has 0 aliphatic carbocycles. The molecule has 1 aliphatic heterocycles. The highest BCUT2D eigenvalue weighted by molar-refractivity contribution is 6.30. The van der Waals surface area contributed by atoms with Gasteiger partial charge in [-0.15, -0.1) is 0 Å². The maximum absolute atomic E-state index is 12.4. The van der Waals surface area contributed by atoms with E-state index in [1.807, 2.05) is 24.3 Å². The lowest BCUT2D eigenvalue weighted by Gasteiger charge is -2.19. The van der Waals surface area contributed by atoms with Gasteiger partial charge in [-0.1, -0.05) is 23.7 Å². The number of fused-ring (bicyclic) bond motifs is 1. The second kappa shape index (κ2) is 8.14. The molecule has 3 aromatic rings. The van der Waals surface area contributed by atoms with E-state index in [0.29, 0.717) is 53.5 Å². The van der Waals surface area contributed by atoms with E-state index >= 15 is 0 Å². The number of aromatic nitrogens is 2. The molecule has 2 N–H and O–H groups in total. The third-order valence-electron chi connectivity index (χ3n) is 4.08. The molecule has 8 heteroatoms. The first-order valence-corrected chi connectivity index (χ1v) is 9.06. The fourth-order valence-electron chi connectivity index (χ4n) is 2.64. The number of hydrogen-bond acceptors (Lipinski definition) is 6. The lowest BCUT2D eigenvalue weighted by molar-refractivity contribution is 0.102. The van der Waals surface area contributed by atoms with Crippen molar-refractivity contribution in [3.8, 4) is 11.5 Å². The quantitative estimate of drug-likeness (QED) is 0.683. The summed E-state index contributed by atoms with van der Waals surface area (Å²) < 4.78 is 11.0. The molecule has 0 saturated heterocycles. The molecule has 28 heavy (non-hydrogen) atoms. The van der Waals surface area contributed by atoms with E-state index < -0.39 is 0 Å². The van der Waals surface area contributed by atoms with E-state index in [0.717, 1.165) is 5.56 Å². The van der Waals surface area contributed by atoms with Crippen LogP contribution >= 0.6 is 11.6 Å². The Bertz CT molecular complexity index is 978. The van der Waals surface area contributed by atoms with Crippen molar-refractivity contribution < 1.29 is 14.3 Å². The van der Waals surface area contributed by atoms with Crippen molar-refractivity contribution in [1.29, 1.82) is 0 Å². The molecule has 0 radical (unpaired) electrons. The summed E-state index contributed by atoms with van der Waals surface area (Å²) in [5, 5.41) is 6.59. The van der Waals surface area contributed by atoms with Crippen LogP contribution in [0.2, 0.25) is 5.02 Å². The van der Waals surface area contributed by atoms with Crippen molar-refractivity contribution in [3.63, 3.8) is 0 Å². The van der Waals surface area contributed by atoms with Crippen LogP contribution in [-0.2, 0) is 6.54 Å². The highest BCUT2D eigenvalue weighted by Gasteiger charge is 2.14. The Morgan fingerprint density at radius 2 is 1.71 bits per heavy atom. The molecule has 1 aliphatic rings. The van der Waals surface area contributed by atoms with Crippen LogP contribution in [0, 0.1) is 0 Å². The summed E-state index contributed by atoms with van der Waals surface area (Å²) >= 11 is 5.87. The minimum absolute atomic E-state index is 0.305. The predicted molar refractivity (Wildman–Crippen MR) is 106 cm³/mol. The first-order chi connectivity index (χ1) is 13.7. The normalized spacial score (nSPS) is 12.3. The zero-order chi connectivity index (χ0) is 19.3. The van der Waals surface area contributed by atoms with Gasteiger partial charge in [-0.05, 0) is 29.8 Å². The van der Waals surface area contributed by atoms with Gasteiger partial charge >= 0.3 is 0 Å². The highest BCUT2D eigenvalue weighted by atomic mass is 35.5. The van der Waals surface area contributed by atoms with Gasteiger partial charge < -0.3 is 20.1 Å². The zero-order valence-electron chi connectivity index (χ0n) is 14.8. The first kappa shape index (κ1) is 18.1. The van der Waals surface area contributed by atoms with E-state index in [1.54, 1.807) is 18.2 Å². The number of anilines is 2. The van der Waals surface area contributed by atoms with Crippen LogP contribution in [0.5, 0.6) is 11.5 Å². The largest absolute Gasteiger partial charge is 0.486 e. The number of carbonyl (C=O) groups is 1. The number of hydrogen-bond donors (Lipinski definition) is 2. The summed E-state index contributed by atoms with van der Waals surface area (Å²) in [6.07, 6.45) is 2.95. The van der Waals surface area contributed by atoms with Crippen LogP contribution in [0.3, 0.4) is 0 Å². The lowest BCUT2D eigenvalue weighted by atomic mass is 10.2. The average Bonchev–Trinajstić information content (AvgIpc) is 2.73. The summed E-state index contributed by atoms with van der Waals surface area (Å²) in [5.41, 5.74) is 2.01. The zero-order valence-corrected chi connectivity index (χ0v) is 15.6. The second-order valence-electron chi connectivity index (χ2n) is 6.09. The Morgan fingerprint density at radius 1 is 1.00 bits per heavy atom. The van der Waals surface area contributed by atoms with Crippen LogP contribution in [0.1, 0.15) is 15.9 Å². The van der Waals surface area contributed by atoms with E-state index in [4.69, 9.17) is 21.1 Å². The number of nitrogens with one attached hydrogen (secondary N) is 2. The highest BCUT2D eigenvalue weighted by Crippen LogP contribution is 2.32. The second-order valence-corrected chi connectivity index (χ2v) is 6.52. The molecule has 142 valence electrons. The monoisotopic (exact) mass is 396 g/mol. The number of carbonyl (C=O) groups excluding carboxylic acids is 1. The summed E-state index contributed by atoms with van der Waals surface area (Å²) in [4.78, 5) is 20.8. The van der Waals surface area contributed by atoms with Crippen molar-refractivity contribution >= 4 is 29.1 Å². The van der Waals surface area contributed by atoms with Gasteiger partial charge in [-0.2, -0.15) is 0 Å². The first-order valence-electron chi connectivity index (χ1n) is 8.69. The molecular weight excluding hydrogens is 380 g/mol.